The zero-order valence-corrected chi connectivity index (χ0v) is 21.7. The molecule has 1 aliphatic rings. The molecule has 0 radical (unpaired) electrons. The third-order valence-corrected chi connectivity index (χ3v) is 6.52. The summed E-state index contributed by atoms with van der Waals surface area (Å²) in [6.07, 6.45) is -2.70. The number of amides is 1. The van der Waals surface area contributed by atoms with E-state index in [1.165, 1.54) is 11.8 Å². The largest absolute Gasteiger partial charge is 0.435 e. The van der Waals surface area contributed by atoms with Crippen molar-refractivity contribution in [2.24, 2.45) is 0 Å². The molecule has 3 aromatic heterocycles. The van der Waals surface area contributed by atoms with Gasteiger partial charge in [0, 0.05) is 25.6 Å². The lowest BCUT2D eigenvalue weighted by atomic mass is 10.1. The van der Waals surface area contributed by atoms with E-state index in [4.69, 9.17) is 16.3 Å². The number of alkyl halides is 3. The second kappa shape index (κ2) is 9.91. The molecule has 5 rings (SSSR count). The number of anilines is 1. The third-order valence-electron chi connectivity index (χ3n) is 6.24. The van der Waals surface area contributed by atoms with Gasteiger partial charge in [-0.05, 0) is 37.6 Å². The Hall–Kier alpha value is -3.64. The first-order valence-electron chi connectivity index (χ1n) is 11.9. The molecule has 9 nitrogen and oxygen atoms in total. The minimum absolute atomic E-state index is 0.0286. The molecular formula is C25H25ClF3N7O2. The number of hydrogen-bond acceptors (Lipinski definition) is 5. The molecule has 1 amide bonds. The molecule has 1 aromatic carbocycles. The predicted octanol–water partition coefficient (Wildman–Crippen LogP) is 5.27. The first-order chi connectivity index (χ1) is 18.1. The lowest BCUT2D eigenvalue weighted by molar-refractivity contribution is -0.141. The summed E-state index contributed by atoms with van der Waals surface area (Å²) in [7, 11) is 1.41. The number of hydrogen-bond donors (Lipinski definition) is 0. The Morgan fingerprint density at radius 3 is 2.53 bits per heavy atom. The molecule has 0 atom stereocenters. The lowest BCUT2D eigenvalue weighted by Gasteiger charge is -2.27. The topological polar surface area (TPSA) is 83.0 Å². The number of carbonyl (C=O) groups is 1. The van der Waals surface area contributed by atoms with E-state index in [2.05, 4.69) is 15.3 Å². The number of halogens is 4. The van der Waals surface area contributed by atoms with E-state index in [1.807, 2.05) is 19.9 Å². The van der Waals surface area contributed by atoms with Gasteiger partial charge in [-0.2, -0.15) is 28.5 Å². The number of fused-ring (bicyclic) bond motifs is 1. The van der Waals surface area contributed by atoms with Crippen molar-refractivity contribution < 1.29 is 22.7 Å². The quantitative estimate of drug-likeness (QED) is 0.315. The van der Waals surface area contributed by atoms with Crippen LogP contribution < -0.4 is 4.90 Å². The summed E-state index contributed by atoms with van der Waals surface area (Å²) in [5.41, 5.74) is 1.83. The minimum Gasteiger partial charge on any atom is -0.378 e. The van der Waals surface area contributed by atoms with Crippen LogP contribution in [0.5, 0.6) is 0 Å². The van der Waals surface area contributed by atoms with Gasteiger partial charge in [0.1, 0.15) is 17.2 Å². The molecule has 0 spiro atoms. The van der Waals surface area contributed by atoms with Crippen LogP contribution in [0.3, 0.4) is 0 Å². The van der Waals surface area contributed by atoms with Crippen LogP contribution in [0.15, 0.2) is 42.6 Å². The van der Waals surface area contributed by atoms with E-state index in [0.717, 1.165) is 11.6 Å². The summed E-state index contributed by atoms with van der Waals surface area (Å²) in [5.74, 6) is 0.581. The van der Waals surface area contributed by atoms with E-state index < -0.39 is 11.9 Å². The lowest BCUT2D eigenvalue weighted by Crippen LogP contribution is -2.36. The van der Waals surface area contributed by atoms with Crippen molar-refractivity contribution in [2.45, 2.75) is 52.2 Å². The van der Waals surface area contributed by atoms with E-state index >= 15 is 0 Å². The van der Waals surface area contributed by atoms with E-state index in [9.17, 15) is 18.0 Å². The van der Waals surface area contributed by atoms with E-state index in [-0.39, 0.29) is 37.2 Å². The molecule has 200 valence electrons. The van der Waals surface area contributed by atoms with Crippen molar-refractivity contribution in [1.82, 2.24) is 29.3 Å². The maximum absolute atomic E-state index is 13.2. The highest BCUT2D eigenvalue weighted by molar-refractivity contribution is 6.33. The van der Waals surface area contributed by atoms with Crippen LogP contribution in [-0.2, 0) is 35.4 Å². The van der Waals surface area contributed by atoms with Crippen LogP contribution in [0.25, 0.3) is 17.1 Å². The van der Waals surface area contributed by atoms with Gasteiger partial charge >= 0.3 is 6.18 Å². The maximum Gasteiger partial charge on any atom is 0.435 e. The van der Waals surface area contributed by atoms with Gasteiger partial charge in [0.2, 0.25) is 5.91 Å². The molecule has 38 heavy (non-hydrogen) atoms. The molecule has 0 unspecified atom stereocenters. The normalized spacial score (nSPS) is 14.0. The highest BCUT2D eigenvalue weighted by Gasteiger charge is 2.35. The smallest absolute Gasteiger partial charge is 0.378 e. The first kappa shape index (κ1) is 26.0. The van der Waals surface area contributed by atoms with Crippen molar-refractivity contribution in [3.05, 3.63) is 64.6 Å². The third kappa shape index (κ3) is 4.81. The number of nitrogens with zero attached hydrogens (tertiary/aromatic N) is 7. The molecule has 0 saturated heterocycles. The van der Waals surface area contributed by atoms with Gasteiger partial charge in [-0.25, -0.2) is 9.36 Å². The van der Waals surface area contributed by atoms with Crippen LogP contribution in [-0.4, -0.2) is 42.4 Å². The molecule has 0 bridgehead atoms. The summed E-state index contributed by atoms with van der Waals surface area (Å²) in [6, 6.07) is 9.72. The average molecular weight is 548 g/mol. The predicted molar refractivity (Wildman–Crippen MR) is 134 cm³/mol. The molecule has 0 N–H and O–H groups in total. The SMILES string of the molecule is COCc1cc(C(F)(F)F)nn1-c1ccc(CN2C(=O)CCn3nc(-c4c(Cl)cnn4C(C)C)cc32)cc1. The van der Waals surface area contributed by atoms with Gasteiger partial charge in [-0.3, -0.25) is 14.4 Å². The van der Waals surface area contributed by atoms with Crippen molar-refractivity contribution in [3.8, 4) is 17.1 Å². The summed E-state index contributed by atoms with van der Waals surface area (Å²) in [6.45, 7) is 4.67. The molecule has 4 heterocycles. The summed E-state index contributed by atoms with van der Waals surface area (Å²) >= 11 is 6.41. The number of aryl methyl sites for hydroxylation is 1. The Morgan fingerprint density at radius 2 is 1.87 bits per heavy atom. The fourth-order valence-electron chi connectivity index (χ4n) is 4.47. The minimum atomic E-state index is -4.57. The van der Waals surface area contributed by atoms with Crippen LogP contribution >= 0.6 is 11.6 Å². The fourth-order valence-corrected chi connectivity index (χ4v) is 4.70. The molecule has 0 aliphatic carbocycles. The Labute approximate surface area is 221 Å². The molecule has 13 heteroatoms. The summed E-state index contributed by atoms with van der Waals surface area (Å²) in [4.78, 5) is 14.6. The zero-order valence-electron chi connectivity index (χ0n) is 20.9. The fraction of sp³-hybridized carbons (Fsp3) is 0.360. The van der Waals surface area contributed by atoms with Crippen molar-refractivity contribution in [2.75, 3.05) is 12.0 Å². The standard InChI is InChI=1S/C25H25ClF3N7O2/c1-15(2)35-24(19(26)12-30-35)20-11-22-33(23(37)8-9-34(22)31-20)13-16-4-6-17(7-5-16)36-18(14-38-3)10-21(32-36)25(27,28)29/h4-7,10-12,15H,8-9,13-14H2,1-3H3. The second-order valence-corrected chi connectivity index (χ2v) is 9.66. The molecule has 0 saturated carbocycles. The molecule has 1 aliphatic heterocycles. The van der Waals surface area contributed by atoms with Crippen LogP contribution in [0.1, 0.15) is 43.3 Å². The van der Waals surface area contributed by atoms with Crippen LogP contribution in [0, 0.1) is 0 Å². The number of benzene rings is 1. The van der Waals surface area contributed by atoms with Crippen molar-refractivity contribution in [1.29, 1.82) is 0 Å². The average Bonchev–Trinajstić information content (AvgIpc) is 3.58. The van der Waals surface area contributed by atoms with E-state index in [1.54, 1.807) is 44.7 Å². The summed E-state index contributed by atoms with van der Waals surface area (Å²) in [5, 5.41) is 13.2. The van der Waals surface area contributed by atoms with Gasteiger partial charge in [0.25, 0.3) is 0 Å². The van der Waals surface area contributed by atoms with Gasteiger partial charge in [0.15, 0.2) is 5.69 Å². The monoisotopic (exact) mass is 547 g/mol. The Kier molecular flexibility index (Phi) is 6.78. The van der Waals surface area contributed by atoms with Crippen molar-refractivity contribution in [3.63, 3.8) is 0 Å². The number of carbonyl (C=O) groups excluding carboxylic acids is 1. The van der Waals surface area contributed by atoms with Crippen molar-refractivity contribution >= 4 is 23.3 Å². The van der Waals surface area contributed by atoms with Crippen LogP contribution in [0.2, 0.25) is 5.02 Å². The van der Waals surface area contributed by atoms with Gasteiger partial charge < -0.3 is 4.74 Å². The maximum atomic E-state index is 13.2. The summed E-state index contributed by atoms with van der Waals surface area (Å²) < 4.78 is 49.5. The number of ether oxygens (including phenoxy) is 1. The highest BCUT2D eigenvalue weighted by atomic mass is 35.5. The first-order valence-corrected chi connectivity index (χ1v) is 12.3. The highest BCUT2D eigenvalue weighted by Crippen LogP contribution is 2.34. The number of methoxy groups -OCH3 is 1. The zero-order chi connectivity index (χ0) is 27.2. The van der Waals surface area contributed by atoms with Gasteiger partial charge in [0.05, 0.1) is 42.3 Å². The molecule has 0 fully saturated rings. The molecular weight excluding hydrogens is 523 g/mol. The van der Waals surface area contributed by atoms with Gasteiger partial charge in [-0.1, -0.05) is 23.7 Å². The Bertz CT molecular complexity index is 1470. The Balaban J connectivity index is 1.43. The number of aromatic nitrogens is 6. The van der Waals surface area contributed by atoms with Gasteiger partial charge in [-0.15, -0.1) is 0 Å². The van der Waals surface area contributed by atoms with E-state index in [0.29, 0.717) is 34.5 Å². The Morgan fingerprint density at radius 1 is 1.13 bits per heavy atom. The van der Waals surface area contributed by atoms with Crippen LogP contribution in [0.4, 0.5) is 19.0 Å². The second-order valence-electron chi connectivity index (χ2n) is 9.25. The molecule has 4 aromatic rings. The number of rotatable bonds is 7.